The number of carbonyl (C=O) groups excluding carboxylic acids is 1. The molecule has 1 N–H and O–H groups in total. The van der Waals surface area contributed by atoms with Gasteiger partial charge in [-0.2, -0.15) is 0 Å². The predicted octanol–water partition coefficient (Wildman–Crippen LogP) is 2.71. The molecule has 0 spiro atoms. The van der Waals surface area contributed by atoms with Gasteiger partial charge in [-0.15, -0.1) is 0 Å². The fourth-order valence-corrected chi connectivity index (χ4v) is 1.65. The first-order valence-corrected chi connectivity index (χ1v) is 5.60. The molecule has 0 bridgehead atoms. The largest absolute Gasteiger partial charge is 0.475 e. The van der Waals surface area contributed by atoms with Crippen molar-refractivity contribution in [2.45, 2.75) is 6.42 Å². The highest BCUT2D eigenvalue weighted by Crippen LogP contribution is 2.21. The first-order valence-electron chi connectivity index (χ1n) is 5.60. The third-order valence-electron chi connectivity index (χ3n) is 2.57. The summed E-state index contributed by atoms with van der Waals surface area (Å²) >= 11 is 0. The van der Waals surface area contributed by atoms with Gasteiger partial charge < -0.3 is 14.3 Å². The van der Waals surface area contributed by atoms with Crippen LogP contribution >= 0.6 is 0 Å². The second-order valence-corrected chi connectivity index (χ2v) is 3.90. The molecule has 0 aliphatic carbocycles. The minimum Gasteiger partial charge on any atom is -0.475 e. The molecule has 0 saturated heterocycles. The molecule has 0 amide bonds. The minimum absolute atomic E-state index is 0.0920. The smallest absolute Gasteiger partial charge is 0.371 e. The van der Waals surface area contributed by atoms with Crippen molar-refractivity contribution in [1.82, 2.24) is 0 Å². The summed E-state index contributed by atoms with van der Waals surface area (Å²) in [6.07, 6.45) is 3.65. The van der Waals surface area contributed by atoms with E-state index in [9.17, 15) is 9.59 Å². The van der Waals surface area contributed by atoms with Crippen molar-refractivity contribution in [3.8, 4) is 0 Å². The monoisotopic (exact) mass is 260 g/mol. The van der Waals surface area contributed by atoms with Gasteiger partial charge in [-0.3, -0.25) is 4.79 Å². The molecule has 0 aliphatic heterocycles. The van der Waals surface area contributed by atoms with Crippen LogP contribution in [0.2, 0.25) is 0 Å². The standard InChI is InChI=1S/C14H12O5/c1-18-13(15)4-2-3-9-5-6-11-10(7-9)8-12(19-11)14(16)17/h2-3,5-8H,4H2,1H3,(H,16,17). The first-order chi connectivity index (χ1) is 9.10. The van der Waals surface area contributed by atoms with E-state index in [0.717, 1.165) is 5.56 Å². The Morgan fingerprint density at radius 1 is 1.37 bits per heavy atom. The van der Waals surface area contributed by atoms with E-state index in [2.05, 4.69) is 4.74 Å². The molecule has 0 atom stereocenters. The summed E-state index contributed by atoms with van der Waals surface area (Å²) < 4.78 is 9.66. The Balaban J connectivity index is 2.21. The Kier molecular flexibility index (Phi) is 3.66. The molecule has 0 saturated carbocycles. The maximum atomic E-state index is 10.9. The van der Waals surface area contributed by atoms with E-state index in [1.807, 2.05) is 0 Å². The number of ether oxygens (including phenoxy) is 1. The van der Waals surface area contributed by atoms with Crippen LogP contribution in [0.25, 0.3) is 17.0 Å². The molecule has 0 fully saturated rings. The molecule has 0 aliphatic rings. The number of furan rings is 1. The Labute approximate surface area is 109 Å². The Hall–Kier alpha value is -2.56. The van der Waals surface area contributed by atoms with Crippen molar-refractivity contribution in [1.29, 1.82) is 0 Å². The van der Waals surface area contributed by atoms with Crippen molar-refractivity contribution in [2.75, 3.05) is 7.11 Å². The Morgan fingerprint density at radius 2 is 2.16 bits per heavy atom. The number of benzene rings is 1. The van der Waals surface area contributed by atoms with Crippen LogP contribution in [-0.4, -0.2) is 24.2 Å². The molecule has 5 nitrogen and oxygen atoms in total. The Morgan fingerprint density at radius 3 is 2.84 bits per heavy atom. The van der Waals surface area contributed by atoms with Crippen LogP contribution in [0, 0.1) is 0 Å². The van der Waals surface area contributed by atoms with Gasteiger partial charge in [0.2, 0.25) is 5.76 Å². The zero-order valence-corrected chi connectivity index (χ0v) is 10.3. The van der Waals surface area contributed by atoms with Crippen LogP contribution in [0.5, 0.6) is 0 Å². The number of hydrogen-bond acceptors (Lipinski definition) is 4. The number of fused-ring (bicyclic) bond motifs is 1. The second-order valence-electron chi connectivity index (χ2n) is 3.90. The highest BCUT2D eigenvalue weighted by atomic mass is 16.5. The first kappa shape index (κ1) is 12.9. The second kappa shape index (κ2) is 5.39. The lowest BCUT2D eigenvalue weighted by Crippen LogP contribution is -1.96. The molecular weight excluding hydrogens is 248 g/mol. The molecule has 1 aromatic carbocycles. The van der Waals surface area contributed by atoms with Crippen LogP contribution in [0.3, 0.4) is 0 Å². The van der Waals surface area contributed by atoms with Crippen LogP contribution < -0.4 is 0 Å². The van der Waals surface area contributed by atoms with Gasteiger partial charge in [-0.05, 0) is 23.8 Å². The highest BCUT2D eigenvalue weighted by molar-refractivity contribution is 5.92. The normalized spacial score (nSPS) is 11.0. The average molecular weight is 260 g/mol. The summed E-state index contributed by atoms with van der Waals surface area (Å²) in [6.45, 7) is 0. The fraction of sp³-hybridized carbons (Fsp3) is 0.143. The number of carboxylic acid groups (broad SMARTS) is 1. The third kappa shape index (κ3) is 3.01. The number of hydrogen-bond donors (Lipinski definition) is 1. The number of esters is 1. The summed E-state index contributed by atoms with van der Waals surface area (Å²) in [5, 5.41) is 9.53. The molecule has 0 unspecified atom stereocenters. The lowest BCUT2D eigenvalue weighted by Gasteiger charge is -1.94. The summed E-state index contributed by atoms with van der Waals surface area (Å²) in [7, 11) is 1.33. The molecular formula is C14H12O5. The van der Waals surface area contributed by atoms with E-state index >= 15 is 0 Å². The summed E-state index contributed by atoms with van der Waals surface area (Å²) in [6, 6.07) is 6.74. The van der Waals surface area contributed by atoms with Gasteiger partial charge in [0.05, 0.1) is 13.5 Å². The third-order valence-corrected chi connectivity index (χ3v) is 2.57. The summed E-state index contributed by atoms with van der Waals surface area (Å²) in [5.41, 5.74) is 1.37. The number of rotatable bonds is 4. The highest BCUT2D eigenvalue weighted by Gasteiger charge is 2.09. The molecule has 19 heavy (non-hydrogen) atoms. The molecule has 5 heteroatoms. The van der Waals surface area contributed by atoms with Crippen molar-refractivity contribution in [3.63, 3.8) is 0 Å². The van der Waals surface area contributed by atoms with Crippen LogP contribution in [0.15, 0.2) is 34.8 Å². The van der Waals surface area contributed by atoms with Crippen molar-refractivity contribution >= 4 is 29.0 Å². The van der Waals surface area contributed by atoms with Gasteiger partial charge in [0.25, 0.3) is 0 Å². The number of aromatic carboxylic acids is 1. The fourth-order valence-electron chi connectivity index (χ4n) is 1.65. The van der Waals surface area contributed by atoms with Gasteiger partial charge in [-0.25, -0.2) is 4.79 Å². The Bertz CT molecular complexity index is 651. The van der Waals surface area contributed by atoms with E-state index < -0.39 is 5.97 Å². The lowest BCUT2D eigenvalue weighted by molar-refractivity contribution is -0.139. The van der Waals surface area contributed by atoms with Gasteiger partial charge >= 0.3 is 11.9 Å². The maximum absolute atomic E-state index is 10.9. The zero-order chi connectivity index (χ0) is 13.8. The predicted molar refractivity (Wildman–Crippen MR) is 68.8 cm³/mol. The van der Waals surface area contributed by atoms with Crippen molar-refractivity contribution in [2.24, 2.45) is 0 Å². The molecule has 1 heterocycles. The van der Waals surface area contributed by atoms with Gasteiger partial charge in [0, 0.05) is 5.39 Å². The van der Waals surface area contributed by atoms with Crippen LogP contribution in [-0.2, 0) is 9.53 Å². The van der Waals surface area contributed by atoms with Gasteiger partial charge in [0.1, 0.15) is 5.58 Å². The molecule has 1 aromatic heterocycles. The van der Waals surface area contributed by atoms with E-state index in [1.54, 1.807) is 30.4 Å². The zero-order valence-electron chi connectivity index (χ0n) is 10.3. The number of methoxy groups -OCH3 is 1. The number of carbonyl (C=O) groups is 2. The van der Waals surface area contributed by atoms with Gasteiger partial charge in [0.15, 0.2) is 0 Å². The van der Waals surface area contributed by atoms with Crippen LogP contribution in [0.1, 0.15) is 22.5 Å². The van der Waals surface area contributed by atoms with Crippen molar-refractivity contribution in [3.05, 3.63) is 41.7 Å². The summed E-state index contributed by atoms with van der Waals surface area (Å²) in [5.74, 6) is -1.50. The molecule has 0 radical (unpaired) electrons. The number of carboxylic acids is 1. The average Bonchev–Trinajstić information content (AvgIpc) is 2.81. The van der Waals surface area contributed by atoms with Gasteiger partial charge in [-0.1, -0.05) is 18.2 Å². The van der Waals surface area contributed by atoms with Crippen molar-refractivity contribution < 1.29 is 23.8 Å². The lowest BCUT2D eigenvalue weighted by atomic mass is 10.1. The summed E-state index contributed by atoms with van der Waals surface area (Å²) in [4.78, 5) is 21.7. The molecule has 2 aromatic rings. The van der Waals surface area contributed by atoms with E-state index in [0.29, 0.717) is 11.0 Å². The SMILES string of the molecule is COC(=O)CC=Cc1ccc2oc(C(=O)O)cc2c1. The molecule has 2 rings (SSSR count). The van der Waals surface area contributed by atoms with E-state index in [-0.39, 0.29) is 18.2 Å². The maximum Gasteiger partial charge on any atom is 0.371 e. The quantitative estimate of drug-likeness (QED) is 0.855. The van der Waals surface area contributed by atoms with E-state index in [4.69, 9.17) is 9.52 Å². The molecule has 98 valence electrons. The van der Waals surface area contributed by atoms with Crippen LogP contribution in [0.4, 0.5) is 0 Å². The topological polar surface area (TPSA) is 76.7 Å². The minimum atomic E-state index is -1.10. The van der Waals surface area contributed by atoms with E-state index in [1.165, 1.54) is 13.2 Å².